The molecule has 2 rings (SSSR count). The second kappa shape index (κ2) is 10.9. The van der Waals surface area contributed by atoms with Crippen molar-refractivity contribution in [3.8, 4) is 0 Å². The van der Waals surface area contributed by atoms with Crippen LogP contribution in [0.4, 0.5) is 0 Å². The maximum atomic E-state index is 13.1. The topological polar surface area (TPSA) is 75.4 Å². The van der Waals surface area contributed by atoms with Crippen molar-refractivity contribution in [1.29, 1.82) is 0 Å². The van der Waals surface area contributed by atoms with Gasteiger partial charge in [-0.15, -0.1) is 12.4 Å². The van der Waals surface area contributed by atoms with Gasteiger partial charge in [0.2, 0.25) is 5.91 Å². The molecule has 0 saturated carbocycles. The molecule has 1 aliphatic rings. The number of halogens is 2. The molecule has 0 aliphatic carbocycles. The summed E-state index contributed by atoms with van der Waals surface area (Å²) in [5.41, 5.74) is 6.54. The van der Waals surface area contributed by atoms with E-state index in [0.29, 0.717) is 23.0 Å². The van der Waals surface area contributed by atoms with Crippen LogP contribution in [0, 0.1) is 11.8 Å². The Morgan fingerprint density at radius 3 is 2.48 bits per heavy atom. The molecule has 1 aromatic carbocycles. The lowest BCUT2D eigenvalue weighted by Gasteiger charge is -2.37. The highest BCUT2D eigenvalue weighted by Crippen LogP contribution is 2.21. The number of benzene rings is 1. The molecule has 152 valence electrons. The fraction of sp³-hybridized carbons (Fsp3) is 0.600. The minimum absolute atomic E-state index is 0. The van der Waals surface area contributed by atoms with Crippen LogP contribution in [0.1, 0.15) is 50.4 Å². The van der Waals surface area contributed by atoms with E-state index in [1.165, 1.54) is 0 Å². The van der Waals surface area contributed by atoms with E-state index in [1.54, 1.807) is 24.3 Å². The van der Waals surface area contributed by atoms with E-state index in [-0.39, 0.29) is 36.2 Å². The first-order valence-electron chi connectivity index (χ1n) is 9.44. The van der Waals surface area contributed by atoms with Crippen molar-refractivity contribution in [2.45, 2.75) is 52.1 Å². The number of piperidine rings is 1. The molecule has 7 heteroatoms. The molecule has 0 bridgehead atoms. The van der Waals surface area contributed by atoms with Crippen molar-refractivity contribution in [1.82, 2.24) is 10.2 Å². The van der Waals surface area contributed by atoms with E-state index in [1.807, 2.05) is 25.7 Å². The fourth-order valence-electron chi connectivity index (χ4n) is 3.34. The molecule has 1 aliphatic heterocycles. The number of carbonyl (C=O) groups excluding carboxylic acids is 2. The Balaban J connectivity index is 0.00000364. The highest BCUT2D eigenvalue weighted by atomic mass is 35.5. The van der Waals surface area contributed by atoms with Gasteiger partial charge in [-0.2, -0.15) is 0 Å². The van der Waals surface area contributed by atoms with Crippen molar-refractivity contribution < 1.29 is 9.59 Å². The van der Waals surface area contributed by atoms with Crippen molar-refractivity contribution in [2.75, 3.05) is 13.1 Å². The average molecular weight is 416 g/mol. The third-order valence-electron chi connectivity index (χ3n) is 5.39. The lowest BCUT2D eigenvalue weighted by molar-refractivity contribution is -0.136. The normalized spacial score (nSPS) is 20.2. The second-order valence-corrected chi connectivity index (χ2v) is 7.83. The number of hydrogen-bond acceptors (Lipinski definition) is 3. The van der Waals surface area contributed by atoms with Crippen LogP contribution >= 0.6 is 24.0 Å². The lowest BCUT2D eigenvalue weighted by Crippen LogP contribution is -2.55. The molecule has 27 heavy (non-hydrogen) atoms. The molecule has 0 radical (unpaired) electrons. The number of nitrogens with one attached hydrogen (secondary N) is 1. The summed E-state index contributed by atoms with van der Waals surface area (Å²) in [4.78, 5) is 27.6. The van der Waals surface area contributed by atoms with Gasteiger partial charge >= 0.3 is 0 Å². The first-order chi connectivity index (χ1) is 12.3. The molecule has 5 nitrogen and oxygen atoms in total. The smallest absolute Gasteiger partial charge is 0.251 e. The van der Waals surface area contributed by atoms with Crippen LogP contribution in [-0.2, 0) is 4.79 Å². The minimum atomic E-state index is -0.532. The second-order valence-electron chi connectivity index (χ2n) is 7.39. The zero-order valence-corrected chi connectivity index (χ0v) is 17.9. The van der Waals surface area contributed by atoms with Crippen LogP contribution in [0.2, 0.25) is 5.02 Å². The number of hydrogen-bond donors (Lipinski definition) is 2. The number of amides is 2. The van der Waals surface area contributed by atoms with Gasteiger partial charge in [0.15, 0.2) is 0 Å². The Bertz CT molecular complexity index is 622. The van der Waals surface area contributed by atoms with E-state index < -0.39 is 6.04 Å². The summed E-state index contributed by atoms with van der Waals surface area (Å²) < 4.78 is 0. The summed E-state index contributed by atoms with van der Waals surface area (Å²) in [5, 5.41) is 3.52. The maximum Gasteiger partial charge on any atom is 0.251 e. The monoisotopic (exact) mass is 415 g/mol. The average Bonchev–Trinajstić information content (AvgIpc) is 2.65. The highest BCUT2D eigenvalue weighted by Gasteiger charge is 2.33. The van der Waals surface area contributed by atoms with E-state index in [9.17, 15) is 9.59 Å². The van der Waals surface area contributed by atoms with Crippen molar-refractivity contribution >= 4 is 35.8 Å². The van der Waals surface area contributed by atoms with Crippen molar-refractivity contribution in [3.05, 3.63) is 34.9 Å². The van der Waals surface area contributed by atoms with Crippen LogP contribution in [0.25, 0.3) is 0 Å². The number of likely N-dealkylation sites (tertiary alicyclic amines) is 1. The molecule has 4 unspecified atom stereocenters. The summed E-state index contributed by atoms with van der Waals surface area (Å²) in [7, 11) is 0. The Morgan fingerprint density at radius 1 is 1.30 bits per heavy atom. The number of nitrogens with zero attached hydrogens (tertiary/aromatic N) is 1. The molecule has 0 spiro atoms. The lowest BCUT2D eigenvalue weighted by atomic mass is 9.90. The molecule has 1 fully saturated rings. The van der Waals surface area contributed by atoms with Crippen LogP contribution in [0.3, 0.4) is 0 Å². The van der Waals surface area contributed by atoms with Gasteiger partial charge in [0.05, 0.1) is 0 Å². The SMILES string of the molecule is CCC(C)C(NC(=O)c1ccc(Cl)cc1)C(=O)N1CCCC(C(C)N)C1.Cl. The summed E-state index contributed by atoms with van der Waals surface area (Å²) in [6.45, 7) is 7.41. The Morgan fingerprint density at radius 2 is 1.93 bits per heavy atom. The molecule has 3 N–H and O–H groups in total. The van der Waals surface area contributed by atoms with Gasteiger partial charge in [-0.3, -0.25) is 9.59 Å². The van der Waals surface area contributed by atoms with E-state index in [2.05, 4.69) is 5.32 Å². The third kappa shape index (κ3) is 6.37. The Kier molecular flexibility index (Phi) is 9.57. The summed E-state index contributed by atoms with van der Waals surface area (Å²) in [6.07, 6.45) is 2.81. The third-order valence-corrected chi connectivity index (χ3v) is 5.64. The zero-order chi connectivity index (χ0) is 19.3. The molecule has 1 heterocycles. The van der Waals surface area contributed by atoms with Gasteiger partial charge in [-0.1, -0.05) is 31.9 Å². The number of nitrogens with two attached hydrogens (primary N) is 1. The molecule has 4 atom stereocenters. The van der Waals surface area contributed by atoms with E-state index in [0.717, 1.165) is 25.8 Å². The van der Waals surface area contributed by atoms with Crippen molar-refractivity contribution in [2.24, 2.45) is 17.6 Å². The highest BCUT2D eigenvalue weighted by molar-refractivity contribution is 6.30. The number of carbonyl (C=O) groups is 2. The van der Waals surface area contributed by atoms with Gasteiger partial charge in [0.1, 0.15) is 6.04 Å². The van der Waals surface area contributed by atoms with Crippen LogP contribution in [0.5, 0.6) is 0 Å². The van der Waals surface area contributed by atoms with Gasteiger partial charge in [-0.05, 0) is 55.9 Å². The minimum Gasteiger partial charge on any atom is -0.341 e. The predicted molar refractivity (Wildman–Crippen MR) is 112 cm³/mol. The van der Waals surface area contributed by atoms with Gasteiger partial charge in [0.25, 0.3) is 5.91 Å². The molecular weight excluding hydrogens is 385 g/mol. The van der Waals surface area contributed by atoms with Crippen LogP contribution in [0.15, 0.2) is 24.3 Å². The maximum absolute atomic E-state index is 13.1. The quantitative estimate of drug-likeness (QED) is 0.746. The summed E-state index contributed by atoms with van der Waals surface area (Å²) in [6, 6.07) is 6.22. The molecule has 2 amide bonds. The van der Waals surface area contributed by atoms with Crippen molar-refractivity contribution in [3.63, 3.8) is 0 Å². The Hall–Kier alpha value is -1.30. The van der Waals surface area contributed by atoms with Crippen LogP contribution in [-0.4, -0.2) is 41.9 Å². The zero-order valence-electron chi connectivity index (χ0n) is 16.3. The predicted octanol–water partition coefficient (Wildman–Crippen LogP) is 3.49. The van der Waals surface area contributed by atoms with Gasteiger partial charge in [-0.25, -0.2) is 0 Å². The molecule has 1 saturated heterocycles. The molecular formula is C20H31Cl2N3O2. The first kappa shape index (κ1) is 23.7. The van der Waals surface area contributed by atoms with Gasteiger partial charge in [0, 0.05) is 29.7 Å². The largest absolute Gasteiger partial charge is 0.341 e. The standard InChI is InChI=1S/C20H30ClN3O2.ClH/c1-4-13(2)18(23-19(25)15-7-9-17(21)10-8-15)20(26)24-11-5-6-16(12-24)14(3)22;/h7-10,13-14,16,18H,4-6,11-12,22H2,1-3H3,(H,23,25);1H. The Labute approximate surface area is 173 Å². The molecule has 1 aromatic rings. The summed E-state index contributed by atoms with van der Waals surface area (Å²) >= 11 is 5.88. The van der Waals surface area contributed by atoms with Crippen LogP contribution < -0.4 is 11.1 Å². The van der Waals surface area contributed by atoms with E-state index in [4.69, 9.17) is 17.3 Å². The molecule has 0 aromatic heterocycles. The summed E-state index contributed by atoms with van der Waals surface area (Å²) in [5.74, 6) is 0.111. The fourth-order valence-corrected chi connectivity index (χ4v) is 3.47. The van der Waals surface area contributed by atoms with E-state index >= 15 is 0 Å². The number of rotatable bonds is 6. The van der Waals surface area contributed by atoms with Gasteiger partial charge < -0.3 is 16.0 Å². The first-order valence-corrected chi connectivity index (χ1v) is 9.82.